The Kier molecular flexibility index (Phi) is 10.9. The zero-order valence-electron chi connectivity index (χ0n) is 23.0. The Morgan fingerprint density at radius 2 is 2.12 bits per heavy atom. The quantitative estimate of drug-likeness (QED) is 0.0826. The standard InChI is InChI=1S/C23H26N6O7S3.Na.H/c1-3-29(23(34)35)7-5-13(6-8-29)37-9-12-10-38-20-16(19(31)28(20)17(12)21(32)33)26-18(30)15(27-36-4-2)14-11-39-22(24)25-14;;/h5-7,11,16,20H,3-4,8-10H2,1-2H3,(H4-,24,25,26,30,32,33,34,35);;/q;+1;-1/p+1/b27-15-;;/t16-,20-,29?;;/m1../s1. The van der Waals surface area contributed by atoms with Crippen LogP contribution in [0.15, 0.2) is 45.1 Å². The van der Waals surface area contributed by atoms with Gasteiger partial charge in [-0.15, -0.1) is 34.9 Å². The fourth-order valence-corrected chi connectivity index (χ4v) is 7.07. The molecule has 0 radical (unpaired) electrons. The van der Waals surface area contributed by atoms with Gasteiger partial charge in [0.05, 0.1) is 6.54 Å². The van der Waals surface area contributed by atoms with E-state index < -0.39 is 35.3 Å². The van der Waals surface area contributed by atoms with Crippen LogP contribution in [0.2, 0.25) is 0 Å². The average Bonchev–Trinajstić information content (AvgIpc) is 3.35. The van der Waals surface area contributed by atoms with Crippen LogP contribution >= 0.6 is 34.9 Å². The number of aliphatic carboxylic acids is 1. The molecule has 3 aliphatic heterocycles. The van der Waals surface area contributed by atoms with E-state index >= 15 is 0 Å². The summed E-state index contributed by atoms with van der Waals surface area (Å²) < 4.78 is -0.201. The predicted molar refractivity (Wildman–Crippen MR) is 149 cm³/mol. The molecule has 1 aromatic heterocycles. The Balaban J connectivity index is 0.00000294. The number of nitrogens with two attached hydrogens (primary N) is 1. The minimum atomic E-state index is -1.23. The second kappa shape index (κ2) is 13.5. The van der Waals surface area contributed by atoms with E-state index in [-0.39, 0.29) is 64.3 Å². The Morgan fingerprint density at radius 1 is 1.38 bits per heavy atom. The van der Waals surface area contributed by atoms with Crippen LogP contribution in [0.5, 0.6) is 0 Å². The van der Waals surface area contributed by atoms with E-state index in [4.69, 9.17) is 10.6 Å². The zero-order chi connectivity index (χ0) is 28.3. The molecule has 1 fully saturated rings. The fraction of sp³-hybridized carbons (Fsp3) is 0.391. The van der Waals surface area contributed by atoms with Gasteiger partial charge in [-0.25, -0.2) is 9.78 Å². The number of nitrogens with one attached hydrogen (secondary N) is 1. The van der Waals surface area contributed by atoms with Crippen molar-refractivity contribution in [3.63, 3.8) is 0 Å². The third-order valence-corrected chi connectivity index (χ3v) is 9.44. The number of rotatable bonds is 10. The Morgan fingerprint density at radius 3 is 2.67 bits per heavy atom. The first kappa shape index (κ1) is 32.2. The number of aromatic nitrogens is 1. The first-order chi connectivity index (χ1) is 18.6. The van der Waals surface area contributed by atoms with Gasteiger partial charge in [-0.3, -0.25) is 14.5 Å². The van der Waals surface area contributed by atoms with E-state index in [1.165, 1.54) is 28.4 Å². The Bertz CT molecular complexity index is 1340. The Hall–Kier alpha value is -2.34. The summed E-state index contributed by atoms with van der Waals surface area (Å²) in [6.07, 6.45) is 4.23. The normalized spacial score (nSPS) is 23.9. The molecule has 0 aliphatic carbocycles. The summed E-state index contributed by atoms with van der Waals surface area (Å²) in [6, 6.07) is -0.950. The number of carboxylic acid groups (broad SMARTS) is 2. The van der Waals surface area contributed by atoms with Crippen molar-refractivity contribution in [1.29, 1.82) is 0 Å². The van der Waals surface area contributed by atoms with Gasteiger partial charge in [0.2, 0.25) is 0 Å². The number of nitrogen functional groups attached to an aromatic ring is 1. The maximum atomic E-state index is 13.1. The number of amides is 3. The molecule has 3 atom stereocenters. The van der Waals surface area contributed by atoms with E-state index in [2.05, 4.69) is 15.5 Å². The van der Waals surface area contributed by atoms with E-state index in [0.717, 1.165) is 16.2 Å². The number of carbonyl (C=O) groups excluding carboxylic acids is 2. The number of fused-ring (bicyclic) bond motifs is 1. The molecule has 0 saturated carbocycles. The number of likely N-dealkylation sites (N-methyl/N-ethyl adjacent to an activating group) is 1. The van der Waals surface area contributed by atoms with Crippen molar-refractivity contribution in [2.45, 2.75) is 25.3 Å². The van der Waals surface area contributed by atoms with Crippen molar-refractivity contribution < 1.29 is 69.7 Å². The summed E-state index contributed by atoms with van der Waals surface area (Å²) in [5.41, 5.74) is 6.22. The van der Waals surface area contributed by atoms with E-state index in [9.17, 15) is 29.4 Å². The van der Waals surface area contributed by atoms with Crippen LogP contribution in [-0.4, -0.2) is 96.8 Å². The molecule has 13 nitrogen and oxygen atoms in total. The first-order valence-corrected chi connectivity index (χ1v) is 14.8. The number of carbonyl (C=O) groups is 4. The van der Waals surface area contributed by atoms with Crippen molar-refractivity contribution in [2.24, 2.45) is 5.16 Å². The van der Waals surface area contributed by atoms with E-state index in [1.54, 1.807) is 31.5 Å². The molecular formula is C23H28N6NaO7S3+. The van der Waals surface area contributed by atoms with E-state index in [1.807, 2.05) is 6.08 Å². The number of thiazole rings is 1. The summed E-state index contributed by atoms with van der Waals surface area (Å²) >= 11 is 3.86. The van der Waals surface area contributed by atoms with Crippen molar-refractivity contribution >= 4 is 69.6 Å². The fourth-order valence-electron chi connectivity index (χ4n) is 4.12. The van der Waals surface area contributed by atoms with E-state index in [0.29, 0.717) is 30.2 Å². The molecule has 4 rings (SSSR count). The maximum absolute atomic E-state index is 13.1. The van der Waals surface area contributed by atoms with Crippen LogP contribution in [0.25, 0.3) is 0 Å². The molecule has 4 heterocycles. The summed E-state index contributed by atoms with van der Waals surface area (Å²) in [5.74, 6) is -1.80. The van der Waals surface area contributed by atoms with Gasteiger partial charge in [-0.2, -0.15) is 9.28 Å². The van der Waals surface area contributed by atoms with Crippen molar-refractivity contribution in [1.82, 2.24) is 15.2 Å². The molecule has 0 aromatic carbocycles. The number of allylic oxidation sites excluding steroid dienone is 1. The molecule has 1 aromatic rings. The number of carboxylic acids is 1. The third-order valence-electron chi connectivity index (χ3n) is 6.30. The number of quaternary nitrogens is 1. The number of oxime groups is 1. The minimum absolute atomic E-state index is 0. The number of thioether (sulfide) groups is 2. The predicted octanol–water partition coefficient (Wildman–Crippen LogP) is -1.02. The topological polar surface area (TPSA) is 185 Å². The molecule has 40 heavy (non-hydrogen) atoms. The molecule has 1 saturated heterocycles. The van der Waals surface area contributed by atoms with Crippen LogP contribution in [0.3, 0.4) is 0 Å². The van der Waals surface area contributed by atoms with Crippen molar-refractivity contribution in [3.8, 4) is 0 Å². The molecule has 210 valence electrons. The summed E-state index contributed by atoms with van der Waals surface area (Å²) in [6.45, 7) is 4.40. The monoisotopic (exact) mass is 619 g/mol. The SMILES string of the molecule is CCO/N=C(\C(=O)N[C@@H]1C(=O)N2C(C(=O)O)=C(CSC3=CC[N+](CC)(C(=O)O)C=C3)CS[C@H]12)c1csc(N)n1.[H-].[Na+]. The summed E-state index contributed by atoms with van der Waals surface area (Å²) in [7, 11) is 0. The number of hydrogen-bond acceptors (Lipinski definition) is 11. The number of hydrogen-bond donors (Lipinski definition) is 4. The van der Waals surface area contributed by atoms with Gasteiger partial charge in [0.1, 0.15) is 42.2 Å². The largest absolute Gasteiger partial charge is 1.00 e. The molecule has 5 N–H and O–H groups in total. The number of anilines is 1. The third kappa shape index (κ3) is 6.42. The van der Waals surface area contributed by atoms with Crippen LogP contribution in [-0.2, 0) is 19.2 Å². The first-order valence-electron chi connectivity index (χ1n) is 11.9. The molecule has 1 unspecified atom stereocenters. The van der Waals surface area contributed by atoms with Gasteiger partial charge in [-0.05, 0) is 25.5 Å². The van der Waals surface area contributed by atoms with Gasteiger partial charge >= 0.3 is 41.6 Å². The van der Waals surface area contributed by atoms with Crippen molar-refractivity contribution in [3.05, 3.63) is 45.6 Å². The van der Waals surface area contributed by atoms with Crippen LogP contribution in [0.1, 0.15) is 21.0 Å². The Labute approximate surface area is 265 Å². The maximum Gasteiger partial charge on any atom is 1.00 e. The minimum Gasteiger partial charge on any atom is -1.00 e. The van der Waals surface area contributed by atoms with Crippen molar-refractivity contribution in [2.75, 3.05) is 36.9 Å². The molecule has 17 heteroatoms. The zero-order valence-corrected chi connectivity index (χ0v) is 26.5. The van der Waals surface area contributed by atoms with Gasteiger partial charge in [0.25, 0.3) is 11.8 Å². The molecular weight excluding hydrogens is 591 g/mol. The second-order valence-corrected chi connectivity index (χ2v) is 11.6. The molecule has 0 bridgehead atoms. The number of nitrogens with zero attached hydrogens (tertiary/aromatic N) is 4. The molecule has 3 amide bonds. The summed E-state index contributed by atoms with van der Waals surface area (Å²) in [4.78, 5) is 61.0. The van der Waals surface area contributed by atoms with Crippen LogP contribution < -0.4 is 40.6 Å². The van der Waals surface area contributed by atoms with Gasteiger partial charge in [0, 0.05) is 27.9 Å². The van der Waals surface area contributed by atoms with Gasteiger partial charge < -0.3 is 27.5 Å². The molecule has 3 aliphatic rings. The van der Waals surface area contributed by atoms with Gasteiger partial charge in [0.15, 0.2) is 10.8 Å². The average molecular weight is 620 g/mol. The van der Waals surface area contributed by atoms with Crippen LogP contribution in [0, 0.1) is 0 Å². The molecule has 0 spiro atoms. The second-order valence-electron chi connectivity index (χ2n) is 8.57. The smallest absolute Gasteiger partial charge is 1.00 e. The van der Waals surface area contributed by atoms with Crippen LogP contribution in [0.4, 0.5) is 9.93 Å². The van der Waals surface area contributed by atoms with Gasteiger partial charge in [-0.1, -0.05) is 5.16 Å². The number of β-lactam (4-membered cyclic amide) rings is 1. The summed E-state index contributed by atoms with van der Waals surface area (Å²) in [5, 5.41) is 27.1.